The molecule has 0 aliphatic heterocycles. The quantitative estimate of drug-likeness (QED) is 0.599. The minimum atomic E-state index is -0.665. The van der Waals surface area contributed by atoms with Gasteiger partial charge in [0.25, 0.3) is 5.69 Å². The first-order valence-corrected chi connectivity index (χ1v) is 5.11. The fourth-order valence-corrected chi connectivity index (χ4v) is 1.11. The van der Waals surface area contributed by atoms with Crippen molar-refractivity contribution in [2.75, 3.05) is 11.9 Å². The van der Waals surface area contributed by atoms with Crippen LogP contribution in [0.15, 0.2) is 24.3 Å². The highest BCUT2D eigenvalue weighted by atomic mass is 16.6. The first-order valence-electron chi connectivity index (χ1n) is 5.11. The van der Waals surface area contributed by atoms with Crippen LogP contribution in [0.5, 0.6) is 0 Å². The van der Waals surface area contributed by atoms with E-state index in [-0.39, 0.29) is 5.69 Å². The van der Waals surface area contributed by atoms with Gasteiger partial charge in [0.05, 0.1) is 10.3 Å². The Bertz CT molecular complexity index is 426. The molecule has 0 aromatic heterocycles. The topological polar surface area (TPSA) is 98.3 Å². The molecule has 1 aromatic carbocycles. The summed E-state index contributed by atoms with van der Waals surface area (Å²) in [6, 6.07) is 5.99. The minimum absolute atomic E-state index is 0.0321. The molecule has 0 spiro atoms. The van der Waals surface area contributed by atoms with Crippen LogP contribution in [0.25, 0.3) is 0 Å². The predicted molar refractivity (Wildman–Crippen MR) is 64.6 cm³/mol. The van der Waals surface area contributed by atoms with Gasteiger partial charge in [-0.1, -0.05) is 0 Å². The number of nitrogens with one attached hydrogen (secondary N) is 1. The van der Waals surface area contributed by atoms with Gasteiger partial charge in [-0.25, -0.2) is 0 Å². The number of carbonyl (C=O) groups is 1. The molecule has 0 saturated heterocycles. The Labute approximate surface area is 99.0 Å². The lowest BCUT2D eigenvalue weighted by atomic mass is 9.93. The van der Waals surface area contributed by atoms with Gasteiger partial charge in [-0.2, -0.15) is 0 Å². The van der Waals surface area contributed by atoms with Crippen LogP contribution in [0.1, 0.15) is 13.8 Å². The molecule has 0 heterocycles. The van der Waals surface area contributed by atoms with Crippen LogP contribution in [-0.4, -0.2) is 17.4 Å². The van der Waals surface area contributed by atoms with Crippen LogP contribution >= 0.6 is 0 Å². The van der Waals surface area contributed by atoms with Crippen molar-refractivity contribution < 1.29 is 9.72 Å². The van der Waals surface area contributed by atoms with Gasteiger partial charge in [0, 0.05) is 24.4 Å². The van der Waals surface area contributed by atoms with Gasteiger partial charge in [-0.05, 0) is 26.0 Å². The highest BCUT2D eigenvalue weighted by Crippen LogP contribution is 2.18. The lowest BCUT2D eigenvalue weighted by Crippen LogP contribution is -2.37. The summed E-state index contributed by atoms with van der Waals surface area (Å²) < 4.78 is 0. The lowest BCUT2D eigenvalue weighted by molar-refractivity contribution is -0.384. The molecule has 0 saturated carbocycles. The van der Waals surface area contributed by atoms with E-state index in [0.29, 0.717) is 12.2 Å². The smallest absolute Gasteiger partial charge is 0.269 e. The summed E-state index contributed by atoms with van der Waals surface area (Å²) in [6.07, 6.45) is 0. The number of rotatable bonds is 5. The number of nitro benzene ring substituents is 1. The molecular formula is C11H15N3O3. The number of non-ortho nitro benzene ring substituents is 1. The maximum Gasteiger partial charge on any atom is 0.269 e. The van der Waals surface area contributed by atoms with Gasteiger partial charge >= 0.3 is 0 Å². The third kappa shape index (κ3) is 3.44. The molecule has 0 radical (unpaired) electrons. The number of nitrogens with two attached hydrogens (primary N) is 1. The van der Waals surface area contributed by atoms with E-state index >= 15 is 0 Å². The number of amides is 1. The molecule has 17 heavy (non-hydrogen) atoms. The van der Waals surface area contributed by atoms with Crippen LogP contribution in [0.3, 0.4) is 0 Å². The van der Waals surface area contributed by atoms with E-state index in [1.54, 1.807) is 26.0 Å². The molecule has 6 heteroatoms. The van der Waals surface area contributed by atoms with Crippen molar-refractivity contribution in [1.29, 1.82) is 0 Å². The summed E-state index contributed by atoms with van der Waals surface area (Å²) in [5.74, 6) is -0.396. The van der Waals surface area contributed by atoms with Crippen molar-refractivity contribution in [2.24, 2.45) is 11.1 Å². The second kappa shape index (κ2) is 4.82. The molecule has 6 nitrogen and oxygen atoms in total. The van der Waals surface area contributed by atoms with Gasteiger partial charge in [0.2, 0.25) is 5.91 Å². The highest BCUT2D eigenvalue weighted by molar-refractivity contribution is 5.80. The first kappa shape index (κ1) is 13.0. The largest absolute Gasteiger partial charge is 0.384 e. The average Bonchev–Trinajstić information content (AvgIpc) is 2.27. The maximum atomic E-state index is 11.1. The highest BCUT2D eigenvalue weighted by Gasteiger charge is 2.24. The summed E-state index contributed by atoms with van der Waals surface area (Å²) >= 11 is 0. The molecule has 3 N–H and O–H groups in total. The van der Waals surface area contributed by atoms with Crippen LogP contribution in [0.2, 0.25) is 0 Å². The summed E-state index contributed by atoms with van der Waals surface area (Å²) in [7, 11) is 0. The van der Waals surface area contributed by atoms with Gasteiger partial charge in [-0.3, -0.25) is 14.9 Å². The van der Waals surface area contributed by atoms with Crippen LogP contribution in [-0.2, 0) is 4.79 Å². The SMILES string of the molecule is CC(C)(CNc1ccc([N+](=O)[O-])cc1)C(N)=O. The number of carbonyl (C=O) groups excluding carboxylic acids is 1. The average molecular weight is 237 g/mol. The Kier molecular flexibility index (Phi) is 3.67. The maximum absolute atomic E-state index is 11.1. The molecule has 0 aliphatic rings. The molecule has 0 bridgehead atoms. The summed E-state index contributed by atoms with van der Waals surface area (Å²) in [4.78, 5) is 21.1. The zero-order chi connectivity index (χ0) is 13.1. The van der Waals surface area contributed by atoms with Gasteiger partial charge in [0.15, 0.2) is 0 Å². The van der Waals surface area contributed by atoms with E-state index in [1.807, 2.05) is 0 Å². The van der Waals surface area contributed by atoms with Crippen molar-refractivity contribution in [3.05, 3.63) is 34.4 Å². The summed E-state index contributed by atoms with van der Waals surface area (Å²) in [6.45, 7) is 3.83. The van der Waals surface area contributed by atoms with E-state index < -0.39 is 16.2 Å². The minimum Gasteiger partial charge on any atom is -0.384 e. The second-order valence-corrected chi connectivity index (χ2v) is 4.41. The fraction of sp³-hybridized carbons (Fsp3) is 0.364. The Hall–Kier alpha value is -2.11. The predicted octanol–water partition coefficient (Wildman–Crippen LogP) is 1.52. The lowest BCUT2D eigenvalue weighted by Gasteiger charge is -2.21. The van der Waals surface area contributed by atoms with Crippen LogP contribution in [0, 0.1) is 15.5 Å². The van der Waals surface area contributed by atoms with Crippen LogP contribution in [0.4, 0.5) is 11.4 Å². The van der Waals surface area contributed by atoms with Crippen molar-refractivity contribution in [3.8, 4) is 0 Å². The first-order chi connectivity index (χ1) is 7.83. The van der Waals surface area contributed by atoms with E-state index in [4.69, 9.17) is 5.73 Å². The number of nitro groups is 1. The third-order valence-corrected chi connectivity index (χ3v) is 2.48. The number of nitrogens with zero attached hydrogens (tertiary/aromatic N) is 1. The number of hydrogen-bond donors (Lipinski definition) is 2. The molecule has 0 aliphatic carbocycles. The Balaban J connectivity index is 2.65. The molecule has 1 amide bonds. The number of primary amides is 1. The van der Waals surface area contributed by atoms with Crippen molar-refractivity contribution >= 4 is 17.3 Å². The van der Waals surface area contributed by atoms with E-state index in [2.05, 4.69) is 5.32 Å². The Morgan fingerprint density at radius 1 is 1.41 bits per heavy atom. The summed E-state index contributed by atoms with van der Waals surface area (Å²) in [5, 5.41) is 13.5. The zero-order valence-electron chi connectivity index (χ0n) is 9.77. The normalized spacial score (nSPS) is 10.9. The number of hydrogen-bond acceptors (Lipinski definition) is 4. The fourth-order valence-electron chi connectivity index (χ4n) is 1.11. The standard InChI is InChI=1S/C11H15N3O3/c1-11(2,10(12)15)7-13-8-3-5-9(6-4-8)14(16)17/h3-6,13H,7H2,1-2H3,(H2,12,15). The van der Waals surface area contributed by atoms with Gasteiger partial charge in [-0.15, -0.1) is 0 Å². The second-order valence-electron chi connectivity index (χ2n) is 4.41. The van der Waals surface area contributed by atoms with Crippen molar-refractivity contribution in [1.82, 2.24) is 0 Å². The molecule has 0 unspecified atom stereocenters. The van der Waals surface area contributed by atoms with Gasteiger partial charge in [0.1, 0.15) is 0 Å². The Morgan fingerprint density at radius 3 is 2.35 bits per heavy atom. The molecule has 0 atom stereocenters. The van der Waals surface area contributed by atoms with Gasteiger partial charge < -0.3 is 11.1 Å². The van der Waals surface area contributed by atoms with E-state index in [0.717, 1.165) is 0 Å². The molecule has 1 aromatic rings. The van der Waals surface area contributed by atoms with Crippen LogP contribution < -0.4 is 11.1 Å². The third-order valence-electron chi connectivity index (χ3n) is 2.48. The summed E-state index contributed by atoms with van der Waals surface area (Å²) in [5.41, 5.74) is 5.31. The number of anilines is 1. The number of benzene rings is 1. The monoisotopic (exact) mass is 237 g/mol. The molecule has 1 rings (SSSR count). The zero-order valence-corrected chi connectivity index (χ0v) is 9.77. The molecule has 0 fully saturated rings. The van der Waals surface area contributed by atoms with E-state index in [1.165, 1.54) is 12.1 Å². The molecule has 92 valence electrons. The Morgan fingerprint density at radius 2 is 1.94 bits per heavy atom. The van der Waals surface area contributed by atoms with Crippen molar-refractivity contribution in [2.45, 2.75) is 13.8 Å². The molecular weight excluding hydrogens is 222 g/mol. The van der Waals surface area contributed by atoms with Crippen molar-refractivity contribution in [3.63, 3.8) is 0 Å². The van der Waals surface area contributed by atoms with E-state index in [9.17, 15) is 14.9 Å².